The van der Waals surface area contributed by atoms with E-state index in [4.69, 9.17) is 0 Å². The predicted octanol–water partition coefficient (Wildman–Crippen LogP) is 8.04. The molecule has 222 valence electrons. The van der Waals surface area contributed by atoms with Crippen molar-refractivity contribution < 1.29 is 31.1 Å². The lowest BCUT2D eigenvalue weighted by molar-refractivity contribution is -0.143. The molecule has 3 aromatic rings. The fourth-order valence-electron chi connectivity index (χ4n) is 6.10. The maximum Gasteiger partial charge on any atom is 0.416 e. The Bertz CT molecular complexity index is 1380. The van der Waals surface area contributed by atoms with Crippen LogP contribution < -0.4 is 5.32 Å². The van der Waals surface area contributed by atoms with E-state index in [0.717, 1.165) is 31.5 Å². The lowest BCUT2D eigenvalue weighted by atomic mass is 9.81. The first-order chi connectivity index (χ1) is 20.0. The second kappa shape index (κ2) is 12.3. The van der Waals surface area contributed by atoms with Crippen molar-refractivity contribution in [2.45, 2.75) is 50.0 Å². The normalized spacial score (nSPS) is 18.6. The summed E-state index contributed by atoms with van der Waals surface area (Å²) in [5.41, 5.74) is 0.336. The Morgan fingerprint density at radius 2 is 1.48 bits per heavy atom. The van der Waals surface area contributed by atoms with Crippen LogP contribution in [0.4, 0.5) is 26.3 Å². The van der Waals surface area contributed by atoms with Gasteiger partial charge in [-0.15, -0.1) is 0 Å². The Hall–Kier alpha value is -3.59. The highest BCUT2D eigenvalue weighted by molar-refractivity contribution is 5.83. The molecule has 1 N–H and O–H groups in total. The Balaban J connectivity index is 1.22. The third-order valence-corrected chi connectivity index (χ3v) is 8.34. The quantitative estimate of drug-likeness (QED) is 0.271. The van der Waals surface area contributed by atoms with E-state index >= 15 is 0 Å². The number of allylic oxidation sites excluding steroid dienone is 1. The van der Waals surface area contributed by atoms with Gasteiger partial charge in [-0.1, -0.05) is 66.7 Å². The summed E-state index contributed by atoms with van der Waals surface area (Å²) >= 11 is 0. The zero-order valence-corrected chi connectivity index (χ0v) is 22.9. The maximum atomic E-state index is 13.3. The number of alkyl halides is 6. The van der Waals surface area contributed by atoms with Gasteiger partial charge in [-0.2, -0.15) is 26.3 Å². The Morgan fingerprint density at radius 3 is 2.12 bits per heavy atom. The Kier molecular flexibility index (Phi) is 8.78. The van der Waals surface area contributed by atoms with E-state index in [1.54, 1.807) is 12.1 Å². The van der Waals surface area contributed by atoms with Crippen molar-refractivity contribution in [2.75, 3.05) is 19.6 Å². The predicted molar refractivity (Wildman–Crippen MR) is 149 cm³/mol. The van der Waals surface area contributed by atoms with Crippen LogP contribution >= 0.6 is 0 Å². The number of carbonyl (C=O) groups excluding carboxylic acids is 1. The van der Waals surface area contributed by atoms with Gasteiger partial charge in [0.1, 0.15) is 0 Å². The highest BCUT2D eigenvalue weighted by Gasteiger charge is 2.37. The number of halogens is 6. The highest BCUT2D eigenvalue weighted by Crippen LogP contribution is 2.40. The molecule has 5 rings (SSSR count). The van der Waals surface area contributed by atoms with Crippen LogP contribution in [0.15, 0.2) is 78.9 Å². The van der Waals surface area contributed by atoms with E-state index in [9.17, 15) is 31.1 Å². The van der Waals surface area contributed by atoms with E-state index in [0.29, 0.717) is 36.9 Å². The molecule has 0 spiro atoms. The molecule has 9 heteroatoms. The number of amides is 1. The average molecular weight is 587 g/mol. The second-order valence-corrected chi connectivity index (χ2v) is 11.1. The molecule has 0 saturated carbocycles. The Morgan fingerprint density at radius 1 is 0.857 bits per heavy atom. The van der Waals surface area contributed by atoms with Gasteiger partial charge in [-0.05, 0) is 85.3 Å². The van der Waals surface area contributed by atoms with Crippen LogP contribution in [0.2, 0.25) is 0 Å². The molecule has 1 aliphatic carbocycles. The number of carbonyl (C=O) groups is 1. The minimum atomic E-state index is -4.95. The van der Waals surface area contributed by atoms with Gasteiger partial charge in [0.05, 0.1) is 17.0 Å². The van der Waals surface area contributed by atoms with Crippen molar-refractivity contribution in [1.29, 1.82) is 0 Å². The number of fused-ring (bicyclic) bond motifs is 1. The number of nitrogens with zero attached hydrogens (tertiary/aromatic N) is 1. The highest BCUT2D eigenvalue weighted by atomic mass is 19.4. The van der Waals surface area contributed by atoms with Gasteiger partial charge in [0.2, 0.25) is 5.91 Å². The van der Waals surface area contributed by atoms with Crippen molar-refractivity contribution in [2.24, 2.45) is 5.92 Å². The number of hydrogen-bond acceptors (Lipinski definition) is 2. The molecule has 42 heavy (non-hydrogen) atoms. The van der Waals surface area contributed by atoms with E-state index in [2.05, 4.69) is 40.6 Å². The van der Waals surface area contributed by atoms with Gasteiger partial charge in [0.25, 0.3) is 0 Å². The fraction of sp³-hybridized carbons (Fsp3) is 0.364. The molecule has 1 unspecified atom stereocenters. The molecule has 2 aliphatic rings. The number of benzene rings is 3. The summed E-state index contributed by atoms with van der Waals surface area (Å²) in [6, 6.07) is 18.9. The van der Waals surface area contributed by atoms with Crippen LogP contribution in [0, 0.1) is 5.92 Å². The van der Waals surface area contributed by atoms with E-state index < -0.39 is 41.8 Å². The van der Waals surface area contributed by atoms with Crippen LogP contribution in [0.5, 0.6) is 0 Å². The summed E-state index contributed by atoms with van der Waals surface area (Å²) in [7, 11) is 0. The summed E-state index contributed by atoms with van der Waals surface area (Å²) in [5, 5.41) is 2.60. The molecule has 1 fully saturated rings. The molecular weight excluding hydrogens is 554 g/mol. The van der Waals surface area contributed by atoms with Crippen LogP contribution in [0.25, 0.3) is 6.08 Å². The smallest absolute Gasteiger partial charge is 0.351 e. The van der Waals surface area contributed by atoms with Gasteiger partial charge in [0.15, 0.2) is 0 Å². The topological polar surface area (TPSA) is 32.3 Å². The zero-order valence-electron chi connectivity index (χ0n) is 22.9. The van der Waals surface area contributed by atoms with Crippen LogP contribution in [-0.4, -0.2) is 30.4 Å². The first-order valence-electron chi connectivity index (χ1n) is 14.1. The lowest BCUT2D eigenvalue weighted by Crippen LogP contribution is -2.38. The third-order valence-electron chi connectivity index (χ3n) is 8.34. The van der Waals surface area contributed by atoms with Crippen molar-refractivity contribution in [1.82, 2.24) is 10.2 Å². The van der Waals surface area contributed by atoms with Gasteiger partial charge in [-0.3, -0.25) is 4.79 Å². The largest absolute Gasteiger partial charge is 0.416 e. The third kappa shape index (κ3) is 7.06. The van der Waals surface area contributed by atoms with E-state index in [1.807, 2.05) is 24.3 Å². The van der Waals surface area contributed by atoms with Crippen molar-refractivity contribution in [3.05, 3.63) is 112 Å². The molecule has 0 aromatic heterocycles. The summed E-state index contributed by atoms with van der Waals surface area (Å²) in [5.74, 6) is -0.0699. The van der Waals surface area contributed by atoms with E-state index in [-0.39, 0.29) is 11.6 Å². The standard InChI is InChI=1S/C33H32F6N2O/c34-32(35,36)26-18-22(19-27(20-26)33(37,38)39)21-40-31(42)30(23-6-2-1-3-7-23)14-17-41-15-12-25(13-16-41)29-11-10-24-8-4-5-9-28(24)29/h1-11,18-20,25,29-30H,12-17,21H2,(H,40,42)/t29?,30-/m0/s1. The fourth-order valence-corrected chi connectivity index (χ4v) is 6.10. The Labute approximate surface area is 241 Å². The average Bonchev–Trinajstić information content (AvgIpc) is 3.40. The number of piperidine rings is 1. The molecule has 3 aromatic carbocycles. The molecular formula is C33H32F6N2O. The number of rotatable bonds is 8. The van der Waals surface area contributed by atoms with Crippen molar-refractivity contribution in [3.8, 4) is 0 Å². The minimum absolute atomic E-state index is 0.0863. The van der Waals surface area contributed by atoms with Crippen molar-refractivity contribution in [3.63, 3.8) is 0 Å². The van der Waals surface area contributed by atoms with Crippen LogP contribution in [-0.2, 0) is 23.7 Å². The number of nitrogens with one attached hydrogen (secondary N) is 1. The maximum absolute atomic E-state index is 13.3. The molecule has 1 aliphatic heterocycles. The molecule has 3 nitrogen and oxygen atoms in total. The molecule has 1 heterocycles. The summed E-state index contributed by atoms with van der Waals surface area (Å²) in [6.45, 7) is 1.99. The van der Waals surface area contributed by atoms with Gasteiger partial charge in [-0.25, -0.2) is 0 Å². The first-order valence-corrected chi connectivity index (χ1v) is 14.1. The summed E-state index contributed by atoms with van der Waals surface area (Å²) < 4.78 is 79.7. The second-order valence-electron chi connectivity index (χ2n) is 11.1. The molecule has 0 bridgehead atoms. The van der Waals surface area contributed by atoms with Gasteiger partial charge in [0, 0.05) is 12.5 Å². The lowest BCUT2D eigenvalue weighted by Gasteiger charge is -2.35. The SMILES string of the molecule is O=C(NCc1cc(C(F)(F)F)cc(C(F)(F)F)c1)[C@@H](CCN1CCC(C2C=Cc3ccccc32)CC1)c1ccccc1. The molecule has 1 amide bonds. The molecule has 1 saturated heterocycles. The van der Waals surface area contributed by atoms with Crippen LogP contribution in [0.1, 0.15) is 64.5 Å². The van der Waals surface area contributed by atoms with Crippen molar-refractivity contribution >= 4 is 12.0 Å². The van der Waals surface area contributed by atoms with Gasteiger partial charge < -0.3 is 10.2 Å². The van der Waals surface area contributed by atoms with Gasteiger partial charge >= 0.3 is 12.4 Å². The zero-order chi connectivity index (χ0) is 29.9. The molecule has 2 atom stereocenters. The minimum Gasteiger partial charge on any atom is -0.351 e. The first kappa shape index (κ1) is 29.9. The monoisotopic (exact) mass is 586 g/mol. The number of hydrogen-bond donors (Lipinski definition) is 1. The summed E-state index contributed by atoms with van der Waals surface area (Å²) in [4.78, 5) is 15.6. The van der Waals surface area contributed by atoms with Crippen LogP contribution in [0.3, 0.4) is 0 Å². The van der Waals surface area contributed by atoms with E-state index in [1.165, 1.54) is 11.1 Å². The number of likely N-dealkylation sites (tertiary alicyclic amines) is 1. The molecule has 0 radical (unpaired) electrons. The summed E-state index contributed by atoms with van der Waals surface area (Å²) in [6.07, 6.45) is -2.87.